The number of carboxylic acids is 1. The average Bonchev–Trinajstić information content (AvgIpc) is 2.38. The van der Waals surface area contributed by atoms with Crippen LogP contribution in [0, 0.1) is 0 Å². The first-order chi connectivity index (χ1) is 8.63. The van der Waals surface area contributed by atoms with Crippen LogP contribution >= 0.6 is 11.8 Å². The van der Waals surface area contributed by atoms with Crippen LogP contribution in [-0.4, -0.2) is 33.0 Å². The lowest BCUT2D eigenvalue weighted by atomic mass is 10.3. The first-order valence-electron chi connectivity index (χ1n) is 5.43. The zero-order valence-corrected chi connectivity index (χ0v) is 10.7. The average molecular weight is 269 g/mol. The molecule has 1 aromatic heterocycles. The van der Waals surface area contributed by atoms with Crippen LogP contribution in [0.15, 0.2) is 24.4 Å². The molecule has 0 aromatic carbocycles. The number of anilines is 1. The Morgan fingerprint density at radius 3 is 2.83 bits per heavy atom. The standard InChI is InChI=1S/C11H15N3O3S/c1-2-8(11(16)17)18-7-10(15)14-13-9-5-3-4-6-12-9/h3-6,8H,2,7H2,1H3,(H,12,13)(H,14,15)(H,16,17). The lowest BCUT2D eigenvalue weighted by Gasteiger charge is -2.10. The number of aliphatic carboxylic acids is 1. The highest BCUT2D eigenvalue weighted by Gasteiger charge is 2.16. The molecule has 1 rings (SSSR count). The molecule has 1 aromatic rings. The number of hydrogen-bond acceptors (Lipinski definition) is 5. The second-order valence-corrected chi connectivity index (χ2v) is 4.63. The van der Waals surface area contributed by atoms with Gasteiger partial charge in [-0.2, -0.15) is 0 Å². The van der Waals surface area contributed by atoms with Crippen molar-refractivity contribution >= 4 is 29.5 Å². The number of nitrogens with one attached hydrogen (secondary N) is 2. The van der Waals surface area contributed by atoms with Crippen molar-refractivity contribution in [2.24, 2.45) is 0 Å². The molecule has 1 atom stereocenters. The van der Waals surface area contributed by atoms with Crippen LogP contribution < -0.4 is 10.9 Å². The number of carbonyl (C=O) groups is 2. The molecule has 18 heavy (non-hydrogen) atoms. The number of carbonyl (C=O) groups excluding carboxylic acids is 1. The van der Waals surface area contributed by atoms with Crippen molar-refractivity contribution in [3.05, 3.63) is 24.4 Å². The monoisotopic (exact) mass is 269 g/mol. The Kier molecular flexibility index (Phi) is 5.99. The van der Waals surface area contributed by atoms with E-state index in [1.807, 2.05) is 0 Å². The molecule has 0 aliphatic rings. The van der Waals surface area contributed by atoms with E-state index in [9.17, 15) is 9.59 Å². The lowest BCUT2D eigenvalue weighted by Crippen LogP contribution is -2.32. The Morgan fingerprint density at radius 2 is 2.28 bits per heavy atom. The summed E-state index contributed by atoms with van der Waals surface area (Å²) in [4.78, 5) is 26.2. The fourth-order valence-electron chi connectivity index (χ4n) is 1.15. The Balaban J connectivity index is 2.28. The fourth-order valence-corrected chi connectivity index (χ4v) is 1.95. The molecule has 7 heteroatoms. The van der Waals surface area contributed by atoms with Crippen LogP contribution in [0.2, 0.25) is 0 Å². The number of thioether (sulfide) groups is 1. The largest absolute Gasteiger partial charge is 0.480 e. The third-order valence-electron chi connectivity index (χ3n) is 2.06. The molecule has 0 aliphatic carbocycles. The number of hydrogen-bond donors (Lipinski definition) is 3. The Labute approximate surface area is 109 Å². The molecule has 1 unspecified atom stereocenters. The van der Waals surface area contributed by atoms with Gasteiger partial charge < -0.3 is 5.11 Å². The first-order valence-corrected chi connectivity index (χ1v) is 6.48. The molecule has 0 saturated carbocycles. The number of pyridine rings is 1. The van der Waals surface area contributed by atoms with Crippen molar-refractivity contribution in [3.63, 3.8) is 0 Å². The third kappa shape index (κ3) is 5.05. The van der Waals surface area contributed by atoms with Gasteiger partial charge in [0.2, 0.25) is 5.91 Å². The maximum absolute atomic E-state index is 11.4. The molecule has 0 bridgehead atoms. The van der Waals surface area contributed by atoms with E-state index < -0.39 is 11.2 Å². The molecule has 0 radical (unpaired) electrons. The first kappa shape index (κ1) is 14.3. The van der Waals surface area contributed by atoms with E-state index in [2.05, 4.69) is 15.8 Å². The summed E-state index contributed by atoms with van der Waals surface area (Å²) in [6.07, 6.45) is 2.09. The number of rotatable bonds is 7. The molecule has 3 N–H and O–H groups in total. The summed E-state index contributed by atoms with van der Waals surface area (Å²) in [6, 6.07) is 5.26. The van der Waals surface area contributed by atoms with E-state index in [1.165, 1.54) is 0 Å². The maximum Gasteiger partial charge on any atom is 0.316 e. The fraction of sp³-hybridized carbons (Fsp3) is 0.364. The van der Waals surface area contributed by atoms with Crippen LogP contribution in [0.3, 0.4) is 0 Å². The predicted molar refractivity (Wildman–Crippen MR) is 70.2 cm³/mol. The van der Waals surface area contributed by atoms with Gasteiger partial charge in [0.05, 0.1) is 5.75 Å². The molecular weight excluding hydrogens is 254 g/mol. The summed E-state index contributed by atoms with van der Waals surface area (Å²) in [5.74, 6) is -0.565. The quantitative estimate of drug-likeness (QED) is 0.643. The topological polar surface area (TPSA) is 91.3 Å². The van der Waals surface area contributed by atoms with Gasteiger partial charge in [0.25, 0.3) is 0 Å². The number of nitrogens with zero attached hydrogens (tertiary/aromatic N) is 1. The lowest BCUT2D eigenvalue weighted by molar-refractivity contribution is -0.136. The third-order valence-corrected chi connectivity index (χ3v) is 3.42. The van der Waals surface area contributed by atoms with Crippen molar-refractivity contribution in [1.29, 1.82) is 0 Å². The maximum atomic E-state index is 11.4. The zero-order chi connectivity index (χ0) is 13.4. The van der Waals surface area contributed by atoms with Crippen molar-refractivity contribution in [2.75, 3.05) is 11.2 Å². The summed E-state index contributed by atoms with van der Waals surface area (Å²) in [5, 5.41) is 8.27. The zero-order valence-electron chi connectivity index (χ0n) is 9.92. The summed E-state index contributed by atoms with van der Waals surface area (Å²) >= 11 is 1.10. The normalized spacial score (nSPS) is 11.6. The molecule has 0 saturated heterocycles. The predicted octanol–water partition coefficient (Wildman–Crippen LogP) is 1.12. The summed E-state index contributed by atoms with van der Waals surface area (Å²) < 4.78 is 0. The van der Waals surface area contributed by atoms with E-state index in [1.54, 1.807) is 31.3 Å². The Morgan fingerprint density at radius 1 is 1.50 bits per heavy atom. The van der Waals surface area contributed by atoms with Gasteiger partial charge in [0.1, 0.15) is 11.1 Å². The van der Waals surface area contributed by atoms with E-state index in [4.69, 9.17) is 5.11 Å². The minimum atomic E-state index is -0.895. The molecular formula is C11H15N3O3S. The second-order valence-electron chi connectivity index (χ2n) is 3.43. The van der Waals surface area contributed by atoms with Crippen molar-refractivity contribution in [1.82, 2.24) is 10.4 Å². The van der Waals surface area contributed by atoms with Gasteiger partial charge in [0, 0.05) is 6.20 Å². The van der Waals surface area contributed by atoms with Gasteiger partial charge in [-0.1, -0.05) is 13.0 Å². The molecule has 1 amide bonds. The van der Waals surface area contributed by atoms with Gasteiger partial charge in [-0.15, -0.1) is 11.8 Å². The second kappa shape index (κ2) is 7.54. The van der Waals surface area contributed by atoms with Crippen LogP contribution in [-0.2, 0) is 9.59 Å². The van der Waals surface area contributed by atoms with Crippen LogP contribution in [0.25, 0.3) is 0 Å². The van der Waals surface area contributed by atoms with E-state index in [-0.39, 0.29) is 11.7 Å². The molecule has 1 heterocycles. The van der Waals surface area contributed by atoms with Crippen molar-refractivity contribution in [2.45, 2.75) is 18.6 Å². The van der Waals surface area contributed by atoms with Gasteiger partial charge in [0.15, 0.2) is 0 Å². The summed E-state index contributed by atoms with van der Waals surface area (Å²) in [6.45, 7) is 1.77. The molecule has 6 nitrogen and oxygen atoms in total. The highest BCUT2D eigenvalue weighted by atomic mass is 32.2. The molecule has 98 valence electrons. The van der Waals surface area contributed by atoms with E-state index >= 15 is 0 Å². The Bertz CT molecular complexity index is 400. The van der Waals surface area contributed by atoms with Crippen LogP contribution in [0.1, 0.15) is 13.3 Å². The summed E-state index contributed by atoms with van der Waals surface area (Å²) in [7, 11) is 0. The Hall–Kier alpha value is -1.76. The van der Waals surface area contributed by atoms with E-state index in [0.717, 1.165) is 11.8 Å². The SMILES string of the molecule is CCC(SCC(=O)NNc1ccccn1)C(=O)O. The summed E-state index contributed by atoms with van der Waals surface area (Å²) in [5.41, 5.74) is 5.10. The van der Waals surface area contributed by atoms with Gasteiger partial charge in [-0.05, 0) is 18.6 Å². The molecule has 0 aliphatic heterocycles. The van der Waals surface area contributed by atoms with Crippen molar-refractivity contribution < 1.29 is 14.7 Å². The highest BCUT2D eigenvalue weighted by molar-refractivity contribution is 8.01. The highest BCUT2D eigenvalue weighted by Crippen LogP contribution is 2.14. The van der Waals surface area contributed by atoms with Gasteiger partial charge in [-0.3, -0.25) is 20.4 Å². The van der Waals surface area contributed by atoms with Crippen molar-refractivity contribution in [3.8, 4) is 0 Å². The number of hydrazine groups is 1. The van der Waals surface area contributed by atoms with E-state index in [0.29, 0.717) is 12.2 Å². The minimum absolute atomic E-state index is 0.0879. The minimum Gasteiger partial charge on any atom is -0.480 e. The molecule has 0 spiro atoms. The van der Waals surface area contributed by atoms with Crippen LogP contribution in [0.5, 0.6) is 0 Å². The number of carboxylic acid groups (broad SMARTS) is 1. The van der Waals surface area contributed by atoms with Crippen LogP contribution in [0.4, 0.5) is 5.82 Å². The number of amides is 1. The van der Waals surface area contributed by atoms with Gasteiger partial charge >= 0.3 is 5.97 Å². The number of aromatic nitrogens is 1. The molecule has 0 fully saturated rings. The smallest absolute Gasteiger partial charge is 0.316 e. The van der Waals surface area contributed by atoms with Gasteiger partial charge in [-0.25, -0.2) is 4.98 Å².